The molecule has 0 radical (unpaired) electrons. The van der Waals surface area contributed by atoms with Crippen LogP contribution in [0.25, 0.3) is 0 Å². The summed E-state index contributed by atoms with van der Waals surface area (Å²) in [6.07, 6.45) is 5.25. The molecule has 0 rings (SSSR count). The molecule has 0 aromatic rings. The third kappa shape index (κ3) is 7.73. The van der Waals surface area contributed by atoms with E-state index in [1.807, 2.05) is 11.0 Å². The van der Waals surface area contributed by atoms with E-state index in [1.54, 1.807) is 12.2 Å². The molecular formula is C11H19NO2. The second kappa shape index (κ2) is 10.2. The SMILES string of the molecule is C=CCOCN(CC=C)COCC=C. The van der Waals surface area contributed by atoms with Crippen LogP contribution in [0.4, 0.5) is 0 Å². The van der Waals surface area contributed by atoms with Crippen LogP contribution >= 0.6 is 0 Å². The molecule has 0 aliphatic carbocycles. The Hall–Kier alpha value is -0.900. The Balaban J connectivity index is 3.58. The molecule has 0 aromatic carbocycles. The van der Waals surface area contributed by atoms with Crippen molar-refractivity contribution in [1.82, 2.24) is 4.90 Å². The largest absolute Gasteiger partial charge is 0.362 e. The minimum Gasteiger partial charge on any atom is -0.362 e. The van der Waals surface area contributed by atoms with E-state index in [4.69, 9.17) is 9.47 Å². The Morgan fingerprint density at radius 1 is 0.857 bits per heavy atom. The molecule has 80 valence electrons. The van der Waals surface area contributed by atoms with Crippen molar-refractivity contribution in [2.24, 2.45) is 0 Å². The zero-order valence-corrected chi connectivity index (χ0v) is 8.65. The van der Waals surface area contributed by atoms with Crippen LogP contribution in [0.3, 0.4) is 0 Å². The van der Waals surface area contributed by atoms with Gasteiger partial charge in [-0.05, 0) is 0 Å². The van der Waals surface area contributed by atoms with Crippen LogP contribution in [0.1, 0.15) is 0 Å². The fourth-order valence-electron chi connectivity index (χ4n) is 0.856. The maximum atomic E-state index is 5.28. The molecule has 0 spiro atoms. The topological polar surface area (TPSA) is 21.7 Å². The van der Waals surface area contributed by atoms with Crippen molar-refractivity contribution in [1.29, 1.82) is 0 Å². The van der Waals surface area contributed by atoms with Crippen LogP contribution in [-0.4, -0.2) is 38.1 Å². The Morgan fingerprint density at radius 2 is 1.36 bits per heavy atom. The van der Waals surface area contributed by atoms with Crippen LogP contribution in [0.15, 0.2) is 38.0 Å². The van der Waals surface area contributed by atoms with E-state index in [0.29, 0.717) is 26.7 Å². The van der Waals surface area contributed by atoms with Crippen molar-refractivity contribution in [2.45, 2.75) is 0 Å². The summed E-state index contributed by atoms with van der Waals surface area (Å²) in [7, 11) is 0. The van der Waals surface area contributed by atoms with Crippen molar-refractivity contribution in [2.75, 3.05) is 33.2 Å². The number of hydrogen-bond donors (Lipinski definition) is 0. The lowest BCUT2D eigenvalue weighted by Gasteiger charge is -2.19. The molecule has 0 aliphatic rings. The Morgan fingerprint density at radius 3 is 1.71 bits per heavy atom. The monoisotopic (exact) mass is 197 g/mol. The molecule has 3 heteroatoms. The van der Waals surface area contributed by atoms with Crippen LogP contribution in [-0.2, 0) is 9.47 Å². The molecule has 3 nitrogen and oxygen atoms in total. The minimum absolute atomic E-state index is 0.523. The fourth-order valence-corrected chi connectivity index (χ4v) is 0.856. The van der Waals surface area contributed by atoms with Crippen LogP contribution in [0.5, 0.6) is 0 Å². The second-order valence-corrected chi connectivity index (χ2v) is 2.72. The molecule has 0 saturated heterocycles. The summed E-state index contributed by atoms with van der Waals surface area (Å²) in [5.41, 5.74) is 0. The molecule has 0 saturated carbocycles. The first-order valence-electron chi connectivity index (χ1n) is 4.55. The lowest BCUT2D eigenvalue weighted by Crippen LogP contribution is -2.29. The highest BCUT2D eigenvalue weighted by molar-refractivity contribution is 4.71. The van der Waals surface area contributed by atoms with Crippen molar-refractivity contribution < 1.29 is 9.47 Å². The Bertz CT molecular complexity index is 155. The summed E-state index contributed by atoms with van der Waals surface area (Å²) in [6, 6.07) is 0. The van der Waals surface area contributed by atoms with Crippen molar-refractivity contribution in [3.05, 3.63) is 38.0 Å². The third-order valence-corrected chi connectivity index (χ3v) is 1.41. The molecule has 0 unspecified atom stereocenters. The van der Waals surface area contributed by atoms with E-state index >= 15 is 0 Å². The van der Waals surface area contributed by atoms with Gasteiger partial charge < -0.3 is 9.47 Å². The Kier molecular flexibility index (Phi) is 9.53. The number of ether oxygens (including phenoxy) is 2. The quantitative estimate of drug-likeness (QED) is 0.303. The summed E-state index contributed by atoms with van der Waals surface area (Å²) in [5.74, 6) is 0. The molecule has 14 heavy (non-hydrogen) atoms. The van der Waals surface area contributed by atoms with E-state index < -0.39 is 0 Å². The molecule has 0 heterocycles. The van der Waals surface area contributed by atoms with Crippen molar-refractivity contribution >= 4 is 0 Å². The number of hydrogen-bond acceptors (Lipinski definition) is 3. The standard InChI is InChI=1S/C11H19NO2/c1-4-7-12(10-13-8-5-2)11-14-9-6-3/h4-6H,1-3,7-11H2. The normalized spacial score (nSPS) is 10.1. The molecular weight excluding hydrogens is 178 g/mol. The Labute approximate surface area is 86.3 Å². The van der Waals surface area contributed by atoms with Gasteiger partial charge in [-0.15, -0.1) is 19.7 Å². The van der Waals surface area contributed by atoms with Gasteiger partial charge in [-0.1, -0.05) is 18.2 Å². The van der Waals surface area contributed by atoms with Gasteiger partial charge in [0.25, 0.3) is 0 Å². The number of nitrogens with zero attached hydrogens (tertiary/aromatic N) is 1. The van der Waals surface area contributed by atoms with Gasteiger partial charge in [0.15, 0.2) is 0 Å². The highest BCUT2D eigenvalue weighted by Gasteiger charge is 2.00. The van der Waals surface area contributed by atoms with Gasteiger partial charge in [0.1, 0.15) is 13.5 Å². The van der Waals surface area contributed by atoms with Gasteiger partial charge in [-0.3, -0.25) is 4.90 Å². The lowest BCUT2D eigenvalue weighted by atomic mass is 10.6. The maximum absolute atomic E-state index is 5.28. The summed E-state index contributed by atoms with van der Waals surface area (Å²) >= 11 is 0. The average Bonchev–Trinajstić information content (AvgIpc) is 2.18. The zero-order chi connectivity index (χ0) is 10.6. The predicted molar refractivity (Wildman–Crippen MR) is 58.9 cm³/mol. The van der Waals surface area contributed by atoms with E-state index in [2.05, 4.69) is 19.7 Å². The molecule has 0 aromatic heterocycles. The summed E-state index contributed by atoms with van der Waals surface area (Å²) in [5, 5.41) is 0. The number of rotatable bonds is 10. The third-order valence-electron chi connectivity index (χ3n) is 1.41. The molecule has 0 aliphatic heterocycles. The van der Waals surface area contributed by atoms with Gasteiger partial charge in [0, 0.05) is 6.54 Å². The smallest absolute Gasteiger partial charge is 0.101 e. The average molecular weight is 197 g/mol. The first-order chi connectivity index (χ1) is 6.85. The van der Waals surface area contributed by atoms with Crippen molar-refractivity contribution in [3.8, 4) is 0 Å². The molecule has 0 fully saturated rings. The van der Waals surface area contributed by atoms with Crippen LogP contribution in [0, 0.1) is 0 Å². The predicted octanol–water partition coefficient (Wildman–Crippen LogP) is 1.79. The van der Waals surface area contributed by atoms with Crippen LogP contribution in [0.2, 0.25) is 0 Å². The fraction of sp³-hybridized carbons (Fsp3) is 0.455. The highest BCUT2D eigenvalue weighted by atomic mass is 16.5. The van der Waals surface area contributed by atoms with Crippen molar-refractivity contribution in [3.63, 3.8) is 0 Å². The summed E-state index contributed by atoms with van der Waals surface area (Å²) in [6.45, 7) is 13.7. The van der Waals surface area contributed by atoms with E-state index in [0.717, 1.165) is 6.54 Å². The molecule has 0 amide bonds. The van der Waals surface area contributed by atoms with Crippen LogP contribution < -0.4 is 0 Å². The molecule has 0 N–H and O–H groups in total. The molecule has 0 atom stereocenters. The van der Waals surface area contributed by atoms with E-state index in [-0.39, 0.29) is 0 Å². The first-order valence-corrected chi connectivity index (χ1v) is 4.55. The van der Waals surface area contributed by atoms with E-state index in [9.17, 15) is 0 Å². The van der Waals surface area contributed by atoms with Gasteiger partial charge >= 0.3 is 0 Å². The lowest BCUT2D eigenvalue weighted by molar-refractivity contribution is -0.0250. The maximum Gasteiger partial charge on any atom is 0.101 e. The van der Waals surface area contributed by atoms with Gasteiger partial charge in [0.2, 0.25) is 0 Å². The highest BCUT2D eigenvalue weighted by Crippen LogP contribution is 1.91. The van der Waals surface area contributed by atoms with E-state index in [1.165, 1.54) is 0 Å². The van der Waals surface area contributed by atoms with Gasteiger partial charge in [-0.25, -0.2) is 0 Å². The summed E-state index contributed by atoms with van der Waals surface area (Å²) in [4.78, 5) is 1.99. The van der Waals surface area contributed by atoms with Gasteiger partial charge in [0.05, 0.1) is 13.2 Å². The molecule has 0 bridgehead atoms. The first kappa shape index (κ1) is 13.1. The zero-order valence-electron chi connectivity index (χ0n) is 8.65. The minimum atomic E-state index is 0.523. The summed E-state index contributed by atoms with van der Waals surface area (Å²) < 4.78 is 10.6. The van der Waals surface area contributed by atoms with Gasteiger partial charge in [-0.2, -0.15) is 0 Å². The second-order valence-electron chi connectivity index (χ2n) is 2.72.